The third kappa shape index (κ3) is 3.41. The number of nitrogens with one attached hydrogen (secondary N) is 1. The Morgan fingerprint density at radius 2 is 2.00 bits per heavy atom. The molecule has 0 fully saturated rings. The Bertz CT molecular complexity index is 367. The van der Waals surface area contributed by atoms with E-state index in [2.05, 4.69) is 10.4 Å². The number of aromatic nitrogens is 2. The van der Waals surface area contributed by atoms with Crippen molar-refractivity contribution < 1.29 is 20.1 Å². The fourth-order valence-corrected chi connectivity index (χ4v) is 1.22. The average molecular weight is 244 g/mol. The van der Waals surface area contributed by atoms with E-state index in [9.17, 15) is 4.79 Å². The van der Waals surface area contributed by atoms with Crippen LogP contribution in [0.3, 0.4) is 0 Å². The normalized spacial score (nSPS) is 11.5. The molecule has 0 unspecified atom stereocenters. The molecule has 96 valence electrons. The number of hydrogen-bond donors (Lipinski definition) is 5. The van der Waals surface area contributed by atoms with Crippen LogP contribution in [0.25, 0.3) is 0 Å². The second kappa shape index (κ2) is 5.62. The van der Waals surface area contributed by atoms with Crippen molar-refractivity contribution in [3.63, 3.8) is 0 Å². The molecule has 1 rings (SSSR count). The van der Waals surface area contributed by atoms with Gasteiger partial charge in [0.15, 0.2) is 0 Å². The highest BCUT2D eigenvalue weighted by molar-refractivity contribution is 5.76. The first-order chi connectivity index (χ1) is 8.05. The summed E-state index contributed by atoms with van der Waals surface area (Å²) in [4.78, 5) is 11.6. The highest BCUT2D eigenvalue weighted by Crippen LogP contribution is 2.02. The molecule has 0 atom stereocenters. The molecule has 0 bridgehead atoms. The summed E-state index contributed by atoms with van der Waals surface area (Å²) >= 11 is 0. The number of hydrogen-bond acceptors (Lipinski definition) is 6. The summed E-state index contributed by atoms with van der Waals surface area (Å²) in [7, 11) is 0. The van der Waals surface area contributed by atoms with Gasteiger partial charge in [-0.25, -0.2) is 0 Å². The van der Waals surface area contributed by atoms with Crippen molar-refractivity contribution in [1.82, 2.24) is 15.1 Å². The van der Waals surface area contributed by atoms with E-state index in [1.165, 1.54) is 16.9 Å². The first-order valence-electron chi connectivity index (χ1n) is 4.98. The van der Waals surface area contributed by atoms with E-state index in [-0.39, 0.29) is 12.4 Å². The van der Waals surface area contributed by atoms with Crippen LogP contribution in [0.1, 0.15) is 0 Å². The molecule has 0 aliphatic heterocycles. The minimum atomic E-state index is -1.42. The number of carbonyl (C=O) groups excluding carboxylic acids is 1. The zero-order chi connectivity index (χ0) is 12.9. The molecule has 1 heterocycles. The lowest BCUT2D eigenvalue weighted by Crippen LogP contribution is -2.57. The van der Waals surface area contributed by atoms with Crippen LogP contribution >= 0.6 is 0 Å². The summed E-state index contributed by atoms with van der Waals surface area (Å²) in [5.41, 5.74) is 3.96. The lowest BCUT2D eigenvalue weighted by molar-refractivity contribution is -0.126. The molecule has 1 amide bonds. The third-order valence-corrected chi connectivity index (χ3v) is 2.28. The maximum Gasteiger partial charge on any atom is 0.242 e. The molecular formula is C9H16N4O4. The van der Waals surface area contributed by atoms with E-state index in [1.807, 2.05) is 0 Å². The minimum absolute atomic E-state index is 0.112. The van der Waals surface area contributed by atoms with Gasteiger partial charge >= 0.3 is 0 Å². The number of rotatable bonds is 6. The smallest absolute Gasteiger partial charge is 0.242 e. The fourth-order valence-electron chi connectivity index (χ4n) is 1.22. The Hall–Kier alpha value is -1.64. The average Bonchev–Trinajstić information content (AvgIpc) is 2.72. The minimum Gasteiger partial charge on any atom is -0.394 e. The molecule has 0 spiro atoms. The predicted molar refractivity (Wildman–Crippen MR) is 58.8 cm³/mol. The maximum absolute atomic E-state index is 11.6. The topological polar surface area (TPSA) is 134 Å². The molecule has 0 saturated carbocycles. The Morgan fingerprint density at radius 3 is 2.41 bits per heavy atom. The molecular weight excluding hydrogens is 228 g/mol. The summed E-state index contributed by atoms with van der Waals surface area (Å²) < 4.78 is 1.31. The zero-order valence-electron chi connectivity index (χ0n) is 9.20. The largest absolute Gasteiger partial charge is 0.394 e. The summed E-state index contributed by atoms with van der Waals surface area (Å²) in [6.45, 7) is -1.80. The van der Waals surface area contributed by atoms with Crippen LogP contribution in [-0.2, 0) is 11.3 Å². The molecule has 0 aliphatic rings. The van der Waals surface area contributed by atoms with Crippen molar-refractivity contribution in [2.45, 2.75) is 12.1 Å². The van der Waals surface area contributed by atoms with Gasteiger partial charge in [0.05, 0.1) is 19.8 Å². The third-order valence-electron chi connectivity index (χ3n) is 2.28. The summed E-state index contributed by atoms with van der Waals surface area (Å²) in [5, 5.41) is 33.2. The van der Waals surface area contributed by atoms with Gasteiger partial charge in [0.2, 0.25) is 5.91 Å². The van der Waals surface area contributed by atoms with Gasteiger partial charge < -0.3 is 26.4 Å². The number of nitrogens with zero attached hydrogens (tertiary/aromatic N) is 2. The Labute approximate surface area is 97.7 Å². The first-order valence-corrected chi connectivity index (χ1v) is 4.98. The summed E-state index contributed by atoms with van der Waals surface area (Å²) in [6.07, 6.45) is 1.52. The highest BCUT2D eigenvalue weighted by Gasteiger charge is 2.29. The highest BCUT2D eigenvalue weighted by atomic mass is 16.3. The van der Waals surface area contributed by atoms with E-state index in [4.69, 9.17) is 21.1 Å². The molecule has 6 N–H and O–H groups in total. The van der Waals surface area contributed by atoms with Crippen LogP contribution in [0, 0.1) is 0 Å². The predicted octanol–water partition coefficient (Wildman–Crippen LogP) is -2.70. The van der Waals surface area contributed by atoms with Crippen LogP contribution in [0.4, 0.5) is 5.82 Å². The number of nitrogens with two attached hydrogens (primary N) is 1. The van der Waals surface area contributed by atoms with Crippen molar-refractivity contribution in [3.8, 4) is 0 Å². The van der Waals surface area contributed by atoms with Crippen LogP contribution < -0.4 is 11.1 Å². The number of aliphatic hydroxyl groups is 3. The number of aliphatic hydroxyl groups excluding tert-OH is 3. The Balaban J connectivity index is 2.59. The maximum atomic E-state index is 11.6. The fraction of sp³-hybridized carbons (Fsp3) is 0.556. The van der Waals surface area contributed by atoms with Gasteiger partial charge in [-0.3, -0.25) is 9.48 Å². The second-order valence-corrected chi connectivity index (χ2v) is 3.74. The quantitative estimate of drug-likeness (QED) is 0.369. The molecule has 8 nitrogen and oxygen atoms in total. The molecule has 1 aromatic rings. The van der Waals surface area contributed by atoms with E-state index in [1.54, 1.807) is 0 Å². The molecule has 0 aromatic carbocycles. The number of nitrogen functional groups attached to an aromatic ring is 1. The number of anilines is 1. The molecule has 0 aliphatic carbocycles. The Morgan fingerprint density at radius 1 is 1.41 bits per heavy atom. The van der Waals surface area contributed by atoms with Crippen molar-refractivity contribution in [2.24, 2.45) is 0 Å². The number of amides is 1. The van der Waals surface area contributed by atoms with E-state index < -0.39 is 31.3 Å². The first kappa shape index (κ1) is 13.4. The van der Waals surface area contributed by atoms with Crippen molar-refractivity contribution in [3.05, 3.63) is 12.3 Å². The van der Waals surface area contributed by atoms with Crippen LogP contribution in [0.5, 0.6) is 0 Å². The van der Waals surface area contributed by atoms with Crippen molar-refractivity contribution >= 4 is 11.7 Å². The van der Waals surface area contributed by atoms with Gasteiger partial charge in [0.1, 0.15) is 17.9 Å². The molecule has 1 aromatic heterocycles. The molecule has 17 heavy (non-hydrogen) atoms. The monoisotopic (exact) mass is 244 g/mol. The summed E-state index contributed by atoms with van der Waals surface area (Å²) in [6, 6.07) is 1.53. The van der Waals surface area contributed by atoms with Crippen LogP contribution in [0.2, 0.25) is 0 Å². The molecule has 0 saturated heterocycles. The SMILES string of the molecule is Nc1ccn(CC(=O)NC(CO)(CO)CO)n1. The van der Waals surface area contributed by atoms with Crippen molar-refractivity contribution in [1.29, 1.82) is 0 Å². The van der Waals surface area contributed by atoms with Gasteiger partial charge in [-0.15, -0.1) is 0 Å². The van der Waals surface area contributed by atoms with Gasteiger partial charge in [-0.2, -0.15) is 5.10 Å². The van der Waals surface area contributed by atoms with E-state index in [0.29, 0.717) is 0 Å². The van der Waals surface area contributed by atoms with Gasteiger partial charge in [0, 0.05) is 6.20 Å². The molecule has 8 heteroatoms. The number of carbonyl (C=O) groups is 1. The molecule has 0 radical (unpaired) electrons. The van der Waals surface area contributed by atoms with Crippen LogP contribution in [0.15, 0.2) is 12.3 Å². The zero-order valence-corrected chi connectivity index (χ0v) is 9.20. The van der Waals surface area contributed by atoms with E-state index >= 15 is 0 Å². The van der Waals surface area contributed by atoms with Crippen molar-refractivity contribution in [2.75, 3.05) is 25.6 Å². The lowest BCUT2D eigenvalue weighted by atomic mass is 10.0. The lowest BCUT2D eigenvalue weighted by Gasteiger charge is -2.28. The van der Waals surface area contributed by atoms with Gasteiger partial charge in [0.25, 0.3) is 0 Å². The van der Waals surface area contributed by atoms with E-state index in [0.717, 1.165) is 0 Å². The van der Waals surface area contributed by atoms with Crippen LogP contribution in [-0.4, -0.2) is 56.4 Å². The Kier molecular flexibility index (Phi) is 4.44. The second-order valence-electron chi connectivity index (χ2n) is 3.74. The van der Waals surface area contributed by atoms with Gasteiger partial charge in [-0.1, -0.05) is 0 Å². The van der Waals surface area contributed by atoms with Gasteiger partial charge in [-0.05, 0) is 6.07 Å². The standard InChI is InChI=1S/C9H16N4O4/c10-7-1-2-13(12-7)3-8(17)11-9(4-14,5-15)6-16/h1-2,14-16H,3-6H2,(H2,10,12)(H,11,17). The summed E-state index contributed by atoms with van der Waals surface area (Å²) in [5.74, 6) is -0.208.